The summed E-state index contributed by atoms with van der Waals surface area (Å²) < 4.78 is 0. The lowest BCUT2D eigenvalue weighted by Gasteiger charge is -2.37. The molecule has 1 fully saturated rings. The Balaban J connectivity index is 2.37. The number of rotatable bonds is 5. The molecule has 6 heteroatoms. The summed E-state index contributed by atoms with van der Waals surface area (Å²) in [4.78, 5) is 28.2. The first kappa shape index (κ1) is 17.9. The van der Waals surface area contributed by atoms with Gasteiger partial charge in [-0.3, -0.25) is 15.0 Å². The van der Waals surface area contributed by atoms with Crippen molar-refractivity contribution in [1.29, 1.82) is 0 Å². The molecule has 0 radical (unpaired) electrons. The molecule has 21 heavy (non-hydrogen) atoms. The van der Waals surface area contributed by atoms with Gasteiger partial charge in [0.1, 0.15) is 0 Å². The number of piperazine rings is 1. The average Bonchev–Trinajstić information content (AvgIpc) is 2.36. The van der Waals surface area contributed by atoms with E-state index in [1.54, 1.807) is 0 Å². The minimum Gasteiger partial charge on any atom is -0.336 e. The summed E-state index contributed by atoms with van der Waals surface area (Å²) in [7, 11) is 0. The summed E-state index contributed by atoms with van der Waals surface area (Å²) in [6.45, 7) is 14.8. The summed E-state index contributed by atoms with van der Waals surface area (Å²) in [5.41, 5.74) is 0. The van der Waals surface area contributed by atoms with Gasteiger partial charge in [0.15, 0.2) is 0 Å². The quantitative estimate of drug-likeness (QED) is 0.791. The number of imide groups is 1. The number of urea groups is 1. The van der Waals surface area contributed by atoms with E-state index in [1.807, 2.05) is 20.8 Å². The van der Waals surface area contributed by atoms with Crippen molar-refractivity contribution in [3.05, 3.63) is 0 Å². The van der Waals surface area contributed by atoms with Crippen molar-refractivity contribution in [2.45, 2.75) is 46.7 Å². The second kappa shape index (κ2) is 8.34. The number of amides is 3. The maximum absolute atomic E-state index is 12.1. The SMILES string of the molecule is CC(C)CN1CCN(C(C)C(=O)NC(=O)NC(C)C)CC1. The Hall–Kier alpha value is -1.14. The van der Waals surface area contributed by atoms with Crippen LogP contribution in [0.4, 0.5) is 4.79 Å². The second-order valence-corrected chi connectivity index (χ2v) is 6.52. The Labute approximate surface area is 128 Å². The van der Waals surface area contributed by atoms with Crippen LogP contribution in [-0.4, -0.2) is 66.5 Å². The van der Waals surface area contributed by atoms with Crippen LogP contribution in [0.3, 0.4) is 0 Å². The molecule has 0 aliphatic carbocycles. The average molecular weight is 298 g/mol. The van der Waals surface area contributed by atoms with Crippen LogP contribution in [0.15, 0.2) is 0 Å². The molecular formula is C15H30N4O2. The maximum atomic E-state index is 12.1. The zero-order valence-electron chi connectivity index (χ0n) is 14.0. The fourth-order valence-corrected chi connectivity index (χ4v) is 2.53. The molecule has 1 aliphatic heterocycles. The van der Waals surface area contributed by atoms with Gasteiger partial charge in [0.2, 0.25) is 5.91 Å². The molecule has 1 saturated heterocycles. The first-order chi connectivity index (χ1) is 9.79. The zero-order chi connectivity index (χ0) is 16.0. The highest BCUT2D eigenvalue weighted by molar-refractivity contribution is 5.96. The van der Waals surface area contributed by atoms with Gasteiger partial charge in [0.05, 0.1) is 6.04 Å². The third-order valence-electron chi connectivity index (χ3n) is 3.61. The van der Waals surface area contributed by atoms with Crippen LogP contribution in [0.25, 0.3) is 0 Å². The second-order valence-electron chi connectivity index (χ2n) is 6.52. The number of nitrogens with zero attached hydrogens (tertiary/aromatic N) is 2. The number of carbonyl (C=O) groups is 2. The first-order valence-corrected chi connectivity index (χ1v) is 7.87. The first-order valence-electron chi connectivity index (χ1n) is 7.87. The predicted octanol–water partition coefficient (Wildman–Crippen LogP) is 0.883. The van der Waals surface area contributed by atoms with Crippen LogP contribution in [0.2, 0.25) is 0 Å². The molecule has 1 rings (SSSR count). The highest BCUT2D eigenvalue weighted by Gasteiger charge is 2.26. The van der Waals surface area contributed by atoms with Gasteiger partial charge in [-0.25, -0.2) is 4.79 Å². The normalized spacial score (nSPS) is 18.8. The molecule has 1 aliphatic rings. The molecule has 0 spiro atoms. The van der Waals surface area contributed by atoms with Gasteiger partial charge in [-0.15, -0.1) is 0 Å². The van der Waals surface area contributed by atoms with Crippen molar-refractivity contribution in [1.82, 2.24) is 20.4 Å². The summed E-state index contributed by atoms with van der Waals surface area (Å²) in [6.07, 6.45) is 0. The molecule has 0 aromatic heterocycles. The van der Waals surface area contributed by atoms with Crippen LogP contribution in [0, 0.1) is 5.92 Å². The number of hydrogen-bond donors (Lipinski definition) is 2. The molecule has 0 aromatic rings. The van der Waals surface area contributed by atoms with Gasteiger partial charge in [0.25, 0.3) is 0 Å². The van der Waals surface area contributed by atoms with E-state index in [0.29, 0.717) is 5.92 Å². The number of nitrogens with one attached hydrogen (secondary N) is 2. The van der Waals surface area contributed by atoms with Gasteiger partial charge >= 0.3 is 6.03 Å². The van der Waals surface area contributed by atoms with E-state index >= 15 is 0 Å². The molecule has 122 valence electrons. The Kier molecular flexibility index (Phi) is 7.11. The molecule has 1 atom stereocenters. The van der Waals surface area contributed by atoms with Crippen molar-refractivity contribution >= 4 is 11.9 Å². The van der Waals surface area contributed by atoms with E-state index in [1.165, 1.54) is 0 Å². The minimum absolute atomic E-state index is 0.0210. The number of hydrogen-bond acceptors (Lipinski definition) is 4. The maximum Gasteiger partial charge on any atom is 0.321 e. The third-order valence-corrected chi connectivity index (χ3v) is 3.61. The Bertz CT molecular complexity index is 350. The monoisotopic (exact) mass is 298 g/mol. The van der Waals surface area contributed by atoms with Crippen molar-refractivity contribution < 1.29 is 9.59 Å². The van der Waals surface area contributed by atoms with Crippen LogP contribution in [0.1, 0.15) is 34.6 Å². The van der Waals surface area contributed by atoms with Gasteiger partial charge in [-0.2, -0.15) is 0 Å². The van der Waals surface area contributed by atoms with E-state index in [4.69, 9.17) is 0 Å². The van der Waals surface area contributed by atoms with Crippen molar-refractivity contribution in [2.24, 2.45) is 5.92 Å². The largest absolute Gasteiger partial charge is 0.336 e. The summed E-state index contributed by atoms with van der Waals surface area (Å²) in [5, 5.41) is 5.07. The molecule has 6 nitrogen and oxygen atoms in total. The lowest BCUT2D eigenvalue weighted by Crippen LogP contribution is -2.56. The Morgan fingerprint density at radius 1 is 1.00 bits per heavy atom. The molecule has 1 heterocycles. The molecule has 1 unspecified atom stereocenters. The van der Waals surface area contributed by atoms with Gasteiger partial charge in [-0.05, 0) is 26.7 Å². The fraction of sp³-hybridized carbons (Fsp3) is 0.867. The topological polar surface area (TPSA) is 64.7 Å². The molecule has 0 saturated carbocycles. The standard InChI is InChI=1S/C15H30N4O2/c1-11(2)10-18-6-8-19(9-7-18)13(5)14(20)17-15(21)16-12(3)4/h11-13H,6-10H2,1-5H3,(H2,16,17,20,21). The highest BCUT2D eigenvalue weighted by atomic mass is 16.2. The van der Waals surface area contributed by atoms with Gasteiger partial charge < -0.3 is 10.2 Å². The van der Waals surface area contributed by atoms with E-state index < -0.39 is 6.03 Å². The van der Waals surface area contributed by atoms with Crippen molar-refractivity contribution in [2.75, 3.05) is 32.7 Å². The summed E-state index contributed by atoms with van der Waals surface area (Å²) in [6, 6.07) is -0.669. The summed E-state index contributed by atoms with van der Waals surface area (Å²) >= 11 is 0. The molecule has 2 N–H and O–H groups in total. The third kappa shape index (κ3) is 6.44. The van der Waals surface area contributed by atoms with Crippen LogP contribution >= 0.6 is 0 Å². The lowest BCUT2D eigenvalue weighted by atomic mass is 10.1. The van der Waals surface area contributed by atoms with Crippen molar-refractivity contribution in [3.8, 4) is 0 Å². The molecule has 0 bridgehead atoms. The molecule has 3 amide bonds. The highest BCUT2D eigenvalue weighted by Crippen LogP contribution is 2.08. The van der Waals surface area contributed by atoms with Crippen molar-refractivity contribution in [3.63, 3.8) is 0 Å². The minimum atomic E-state index is -0.416. The van der Waals surface area contributed by atoms with E-state index in [2.05, 4.69) is 34.3 Å². The predicted molar refractivity (Wildman–Crippen MR) is 84.1 cm³/mol. The Morgan fingerprint density at radius 3 is 2.05 bits per heavy atom. The number of carbonyl (C=O) groups excluding carboxylic acids is 2. The Morgan fingerprint density at radius 2 is 1.57 bits per heavy atom. The lowest BCUT2D eigenvalue weighted by molar-refractivity contribution is -0.125. The van der Waals surface area contributed by atoms with E-state index in [0.717, 1.165) is 32.7 Å². The summed E-state index contributed by atoms with van der Waals surface area (Å²) in [5.74, 6) is 0.433. The smallest absolute Gasteiger partial charge is 0.321 e. The van der Waals surface area contributed by atoms with E-state index in [-0.39, 0.29) is 18.0 Å². The van der Waals surface area contributed by atoms with Gasteiger partial charge in [0, 0.05) is 38.8 Å². The van der Waals surface area contributed by atoms with Gasteiger partial charge in [-0.1, -0.05) is 13.8 Å². The van der Waals surface area contributed by atoms with Crippen LogP contribution in [0.5, 0.6) is 0 Å². The fourth-order valence-electron chi connectivity index (χ4n) is 2.53. The van der Waals surface area contributed by atoms with E-state index in [9.17, 15) is 9.59 Å². The molecular weight excluding hydrogens is 268 g/mol. The zero-order valence-corrected chi connectivity index (χ0v) is 14.0. The van der Waals surface area contributed by atoms with Crippen LogP contribution < -0.4 is 10.6 Å². The van der Waals surface area contributed by atoms with Crippen LogP contribution in [-0.2, 0) is 4.79 Å². The molecule has 0 aromatic carbocycles.